The third kappa shape index (κ3) is 5.40. The number of aliphatic carboxylic acids is 1. The van der Waals surface area contributed by atoms with Gasteiger partial charge in [-0.1, -0.05) is 6.07 Å². The fourth-order valence-corrected chi connectivity index (χ4v) is 1.70. The third-order valence-corrected chi connectivity index (χ3v) is 2.61. The molecule has 1 atom stereocenters. The predicted octanol–water partition coefficient (Wildman–Crippen LogP) is 2.22. The molecule has 1 aromatic carbocycles. The van der Waals surface area contributed by atoms with E-state index in [0.717, 1.165) is 12.1 Å². The first kappa shape index (κ1) is 17.4. The molecule has 0 aliphatic carbocycles. The normalized spacial score (nSPS) is 12.1. The zero-order valence-corrected chi connectivity index (χ0v) is 12.5. The van der Waals surface area contributed by atoms with Crippen molar-refractivity contribution in [2.24, 2.45) is 0 Å². The zero-order chi connectivity index (χ0) is 16.9. The van der Waals surface area contributed by atoms with Gasteiger partial charge in [0.1, 0.15) is 17.5 Å². The van der Waals surface area contributed by atoms with Crippen molar-refractivity contribution in [1.82, 2.24) is 5.32 Å². The van der Waals surface area contributed by atoms with Crippen LogP contribution in [0.25, 0.3) is 0 Å². The SMILES string of the molecule is CC(C)(C)OC(=O)N[C@@H](Cc1ccc(F)cc1C#N)C(=O)O. The van der Waals surface area contributed by atoms with Crippen molar-refractivity contribution in [3.63, 3.8) is 0 Å². The van der Waals surface area contributed by atoms with E-state index in [1.165, 1.54) is 6.07 Å². The van der Waals surface area contributed by atoms with Crippen LogP contribution in [-0.4, -0.2) is 28.8 Å². The van der Waals surface area contributed by atoms with Crippen molar-refractivity contribution in [3.05, 3.63) is 35.1 Å². The van der Waals surface area contributed by atoms with Gasteiger partial charge in [0.25, 0.3) is 0 Å². The van der Waals surface area contributed by atoms with Gasteiger partial charge in [-0.05, 0) is 38.5 Å². The molecule has 0 spiro atoms. The minimum absolute atomic E-state index is 0.0252. The Labute approximate surface area is 127 Å². The number of hydrogen-bond donors (Lipinski definition) is 2. The lowest BCUT2D eigenvalue weighted by molar-refractivity contribution is -0.139. The Morgan fingerprint density at radius 1 is 1.45 bits per heavy atom. The van der Waals surface area contributed by atoms with Gasteiger partial charge < -0.3 is 15.2 Å². The average molecular weight is 308 g/mol. The van der Waals surface area contributed by atoms with Crippen LogP contribution in [0.4, 0.5) is 9.18 Å². The molecule has 118 valence electrons. The van der Waals surface area contributed by atoms with Gasteiger partial charge in [-0.2, -0.15) is 5.26 Å². The van der Waals surface area contributed by atoms with Crippen LogP contribution < -0.4 is 5.32 Å². The van der Waals surface area contributed by atoms with E-state index in [0.29, 0.717) is 5.56 Å². The monoisotopic (exact) mass is 308 g/mol. The number of alkyl carbamates (subject to hydrolysis) is 1. The number of carboxylic acids is 1. The first-order valence-corrected chi connectivity index (χ1v) is 6.53. The number of nitriles is 1. The molecule has 2 N–H and O–H groups in total. The highest BCUT2D eigenvalue weighted by Gasteiger charge is 2.25. The van der Waals surface area contributed by atoms with Gasteiger partial charge in [0.05, 0.1) is 11.6 Å². The fourth-order valence-electron chi connectivity index (χ4n) is 1.70. The van der Waals surface area contributed by atoms with E-state index < -0.39 is 29.5 Å². The van der Waals surface area contributed by atoms with Crippen molar-refractivity contribution in [2.75, 3.05) is 0 Å². The molecule has 1 aromatic rings. The van der Waals surface area contributed by atoms with Gasteiger partial charge in [0.15, 0.2) is 0 Å². The number of carbonyl (C=O) groups is 2. The third-order valence-electron chi connectivity index (χ3n) is 2.61. The quantitative estimate of drug-likeness (QED) is 0.888. The summed E-state index contributed by atoms with van der Waals surface area (Å²) < 4.78 is 18.1. The molecular weight excluding hydrogens is 291 g/mol. The molecule has 0 saturated heterocycles. The molecule has 1 rings (SSSR count). The highest BCUT2D eigenvalue weighted by molar-refractivity contribution is 5.80. The molecule has 22 heavy (non-hydrogen) atoms. The van der Waals surface area contributed by atoms with Crippen LogP contribution in [-0.2, 0) is 16.0 Å². The number of amides is 1. The zero-order valence-electron chi connectivity index (χ0n) is 12.5. The Morgan fingerprint density at radius 2 is 2.09 bits per heavy atom. The highest BCUT2D eigenvalue weighted by Crippen LogP contribution is 2.13. The molecule has 0 saturated carbocycles. The summed E-state index contributed by atoms with van der Waals surface area (Å²) in [5.74, 6) is -1.87. The second kappa shape index (κ2) is 6.89. The molecule has 0 radical (unpaired) electrons. The molecule has 1 amide bonds. The van der Waals surface area contributed by atoms with E-state index in [2.05, 4.69) is 5.32 Å². The van der Waals surface area contributed by atoms with Gasteiger partial charge in [-0.15, -0.1) is 0 Å². The van der Waals surface area contributed by atoms with Crippen molar-refractivity contribution in [3.8, 4) is 6.07 Å². The lowest BCUT2D eigenvalue weighted by Gasteiger charge is -2.22. The molecule has 7 heteroatoms. The standard InChI is InChI=1S/C15H17FN2O4/c1-15(2,3)22-14(21)18-12(13(19)20)7-9-4-5-11(16)6-10(9)8-17/h4-6,12H,7H2,1-3H3,(H,18,21)(H,19,20)/t12-/m0/s1. The number of nitrogens with zero attached hydrogens (tertiary/aromatic N) is 1. The van der Waals surface area contributed by atoms with Crippen LogP contribution in [0.3, 0.4) is 0 Å². The van der Waals surface area contributed by atoms with E-state index in [1.807, 2.05) is 0 Å². The Kier molecular flexibility index (Phi) is 5.46. The van der Waals surface area contributed by atoms with Crippen LogP contribution >= 0.6 is 0 Å². The second-order valence-corrected chi connectivity index (χ2v) is 5.65. The minimum atomic E-state index is -1.28. The molecule has 0 fully saturated rings. The number of ether oxygens (including phenoxy) is 1. The van der Waals surface area contributed by atoms with Crippen LogP contribution in [0, 0.1) is 17.1 Å². The smallest absolute Gasteiger partial charge is 0.408 e. The summed E-state index contributed by atoms with van der Waals surface area (Å²) in [4.78, 5) is 22.9. The van der Waals surface area contributed by atoms with Gasteiger partial charge in [-0.3, -0.25) is 0 Å². The lowest BCUT2D eigenvalue weighted by atomic mass is 10.0. The summed E-state index contributed by atoms with van der Waals surface area (Å²) >= 11 is 0. The number of hydrogen-bond acceptors (Lipinski definition) is 4. The molecule has 0 aliphatic heterocycles. The van der Waals surface area contributed by atoms with E-state index >= 15 is 0 Å². The number of carboxylic acid groups (broad SMARTS) is 1. The van der Waals surface area contributed by atoms with Gasteiger partial charge in [0, 0.05) is 6.42 Å². The number of nitrogens with one attached hydrogen (secondary N) is 1. The summed E-state index contributed by atoms with van der Waals surface area (Å²) in [6.45, 7) is 4.95. The maximum Gasteiger partial charge on any atom is 0.408 e. The Balaban J connectivity index is 2.88. The summed E-state index contributed by atoms with van der Waals surface area (Å²) in [5, 5.41) is 20.3. The molecular formula is C15H17FN2O4. The van der Waals surface area contributed by atoms with Gasteiger partial charge >= 0.3 is 12.1 Å². The summed E-state index contributed by atoms with van der Waals surface area (Å²) in [7, 11) is 0. The predicted molar refractivity (Wildman–Crippen MR) is 75.6 cm³/mol. The van der Waals surface area contributed by atoms with Gasteiger partial charge in [0.2, 0.25) is 0 Å². The van der Waals surface area contributed by atoms with E-state index in [1.54, 1.807) is 26.8 Å². The minimum Gasteiger partial charge on any atom is -0.480 e. The second-order valence-electron chi connectivity index (χ2n) is 5.65. The van der Waals surface area contributed by atoms with Crippen molar-refractivity contribution in [1.29, 1.82) is 5.26 Å². The summed E-state index contributed by atoms with van der Waals surface area (Å²) in [6, 6.07) is 3.97. The van der Waals surface area contributed by atoms with Gasteiger partial charge in [-0.25, -0.2) is 14.0 Å². The van der Waals surface area contributed by atoms with Crippen LogP contribution in [0.2, 0.25) is 0 Å². The largest absolute Gasteiger partial charge is 0.480 e. The Hall–Kier alpha value is -2.62. The van der Waals surface area contributed by atoms with Crippen LogP contribution in [0.5, 0.6) is 0 Å². The molecule has 0 heterocycles. The number of rotatable bonds is 4. The Morgan fingerprint density at radius 3 is 2.59 bits per heavy atom. The number of benzene rings is 1. The fraction of sp³-hybridized carbons (Fsp3) is 0.400. The first-order chi connectivity index (χ1) is 10.1. The molecule has 0 bridgehead atoms. The van der Waals surface area contributed by atoms with Crippen LogP contribution in [0.1, 0.15) is 31.9 Å². The van der Waals surface area contributed by atoms with Crippen LogP contribution in [0.15, 0.2) is 18.2 Å². The van der Waals surface area contributed by atoms with Crippen molar-refractivity contribution >= 4 is 12.1 Å². The average Bonchev–Trinajstić information content (AvgIpc) is 2.37. The maximum atomic E-state index is 13.1. The van der Waals surface area contributed by atoms with E-state index in [-0.39, 0.29) is 12.0 Å². The number of halogens is 1. The summed E-state index contributed by atoms with van der Waals surface area (Å²) in [5.41, 5.74) is -0.412. The first-order valence-electron chi connectivity index (χ1n) is 6.53. The number of carbonyl (C=O) groups excluding carboxylic acids is 1. The van der Waals surface area contributed by atoms with Crippen molar-refractivity contribution in [2.45, 2.75) is 38.8 Å². The lowest BCUT2D eigenvalue weighted by Crippen LogP contribution is -2.44. The van der Waals surface area contributed by atoms with E-state index in [4.69, 9.17) is 10.00 Å². The highest BCUT2D eigenvalue weighted by atomic mass is 19.1. The molecule has 0 unspecified atom stereocenters. The molecule has 0 aromatic heterocycles. The van der Waals surface area contributed by atoms with Crippen molar-refractivity contribution < 1.29 is 23.8 Å². The van der Waals surface area contributed by atoms with E-state index in [9.17, 15) is 19.1 Å². The maximum absolute atomic E-state index is 13.1. The molecule has 6 nitrogen and oxygen atoms in total. The topological polar surface area (TPSA) is 99.4 Å². The molecule has 0 aliphatic rings. The Bertz CT molecular complexity index is 617. The summed E-state index contributed by atoms with van der Waals surface area (Å²) in [6.07, 6.45) is -1.03.